The summed E-state index contributed by atoms with van der Waals surface area (Å²) in [5, 5.41) is 0. The first kappa shape index (κ1) is 16.0. The zero-order valence-electron chi connectivity index (χ0n) is 12.6. The van der Waals surface area contributed by atoms with Crippen molar-refractivity contribution in [3.63, 3.8) is 0 Å². The summed E-state index contributed by atoms with van der Waals surface area (Å²) in [5.41, 5.74) is 0.997. The van der Waals surface area contributed by atoms with Crippen LogP contribution in [0, 0.1) is 12.8 Å². The Hall–Kier alpha value is -1.40. The number of carbonyl (C=O) groups excluding carboxylic acids is 1. The van der Waals surface area contributed by atoms with E-state index in [0.29, 0.717) is 30.1 Å². The van der Waals surface area contributed by atoms with Crippen molar-refractivity contribution in [2.75, 3.05) is 20.2 Å². The van der Waals surface area contributed by atoms with Gasteiger partial charge in [-0.3, -0.25) is 0 Å². The number of hydrogen-bond acceptors (Lipinski definition) is 4. The first-order chi connectivity index (χ1) is 9.86. The van der Waals surface area contributed by atoms with E-state index in [1.54, 1.807) is 19.1 Å². The Bertz CT molecular complexity index is 639. The largest absolute Gasteiger partial charge is 0.465 e. The molecule has 0 amide bonds. The fourth-order valence-electron chi connectivity index (χ4n) is 2.61. The highest BCUT2D eigenvalue weighted by Gasteiger charge is 2.29. The molecule has 0 radical (unpaired) electrons. The van der Waals surface area contributed by atoms with Gasteiger partial charge in [0.05, 0.1) is 17.6 Å². The number of rotatable bonds is 3. The van der Waals surface area contributed by atoms with E-state index in [9.17, 15) is 13.2 Å². The molecular weight excluding hydrogens is 290 g/mol. The normalized spacial score (nSPS) is 20.2. The minimum absolute atomic E-state index is 0.155. The van der Waals surface area contributed by atoms with Crippen molar-refractivity contribution in [3.05, 3.63) is 29.3 Å². The number of piperidine rings is 1. The number of ether oxygens (including phenoxy) is 1. The smallest absolute Gasteiger partial charge is 0.338 e. The summed E-state index contributed by atoms with van der Waals surface area (Å²) >= 11 is 0. The molecule has 0 spiro atoms. The lowest BCUT2D eigenvalue weighted by atomic mass is 10.0. The lowest BCUT2D eigenvalue weighted by Crippen LogP contribution is -2.39. The number of benzene rings is 1. The predicted octanol–water partition coefficient (Wildman–Crippen LogP) is 2.20. The third kappa shape index (κ3) is 3.27. The molecule has 0 bridgehead atoms. The number of esters is 1. The maximum absolute atomic E-state index is 12.7. The Morgan fingerprint density at radius 1 is 1.38 bits per heavy atom. The highest BCUT2D eigenvalue weighted by Crippen LogP contribution is 2.25. The molecule has 0 aromatic heterocycles. The summed E-state index contributed by atoms with van der Waals surface area (Å²) in [6, 6.07) is 4.61. The summed E-state index contributed by atoms with van der Waals surface area (Å²) in [7, 11) is -2.26. The number of hydrogen-bond donors (Lipinski definition) is 0. The van der Waals surface area contributed by atoms with Crippen molar-refractivity contribution in [2.45, 2.75) is 31.6 Å². The fourth-order valence-corrected chi connectivity index (χ4v) is 4.23. The van der Waals surface area contributed by atoms with E-state index >= 15 is 0 Å². The molecule has 1 atom stereocenters. The van der Waals surface area contributed by atoms with Crippen LogP contribution in [0.4, 0.5) is 0 Å². The van der Waals surface area contributed by atoms with Gasteiger partial charge in [0, 0.05) is 13.1 Å². The SMILES string of the molecule is COC(=O)c1cc(S(=O)(=O)N2CCCC(C)C2)ccc1C. The van der Waals surface area contributed by atoms with Crippen LogP contribution in [0.25, 0.3) is 0 Å². The fraction of sp³-hybridized carbons (Fsp3) is 0.533. The van der Waals surface area contributed by atoms with Crippen LogP contribution >= 0.6 is 0 Å². The van der Waals surface area contributed by atoms with Gasteiger partial charge in [-0.2, -0.15) is 4.31 Å². The molecule has 1 aromatic rings. The van der Waals surface area contributed by atoms with Crippen LogP contribution < -0.4 is 0 Å². The van der Waals surface area contributed by atoms with Crippen LogP contribution in [0.5, 0.6) is 0 Å². The highest BCUT2D eigenvalue weighted by atomic mass is 32.2. The van der Waals surface area contributed by atoms with E-state index in [2.05, 4.69) is 6.92 Å². The molecule has 0 saturated carbocycles. The van der Waals surface area contributed by atoms with E-state index < -0.39 is 16.0 Å². The molecule has 1 aliphatic rings. The second-order valence-corrected chi connectivity index (χ2v) is 7.52. The molecule has 1 aliphatic heterocycles. The van der Waals surface area contributed by atoms with Crippen molar-refractivity contribution in [2.24, 2.45) is 5.92 Å². The number of nitrogens with zero attached hydrogens (tertiary/aromatic N) is 1. The van der Waals surface area contributed by atoms with E-state index in [4.69, 9.17) is 4.74 Å². The molecule has 116 valence electrons. The molecule has 1 fully saturated rings. The van der Waals surface area contributed by atoms with E-state index in [1.807, 2.05) is 0 Å². The van der Waals surface area contributed by atoms with Gasteiger partial charge < -0.3 is 4.74 Å². The van der Waals surface area contributed by atoms with Gasteiger partial charge in [-0.1, -0.05) is 13.0 Å². The van der Waals surface area contributed by atoms with Crippen LogP contribution in [0.1, 0.15) is 35.7 Å². The third-order valence-electron chi connectivity index (χ3n) is 3.87. The number of sulfonamides is 1. The maximum Gasteiger partial charge on any atom is 0.338 e. The van der Waals surface area contributed by atoms with Crippen molar-refractivity contribution in [1.82, 2.24) is 4.31 Å². The van der Waals surface area contributed by atoms with Crippen LogP contribution in [0.2, 0.25) is 0 Å². The monoisotopic (exact) mass is 311 g/mol. The Morgan fingerprint density at radius 3 is 2.71 bits per heavy atom. The number of methoxy groups -OCH3 is 1. The number of carbonyl (C=O) groups is 1. The van der Waals surface area contributed by atoms with Crippen LogP contribution in [-0.2, 0) is 14.8 Å². The van der Waals surface area contributed by atoms with Crippen LogP contribution in [0.3, 0.4) is 0 Å². The van der Waals surface area contributed by atoms with Crippen LogP contribution in [0.15, 0.2) is 23.1 Å². The molecule has 0 N–H and O–H groups in total. The minimum Gasteiger partial charge on any atom is -0.465 e. The molecule has 2 rings (SSSR count). The maximum atomic E-state index is 12.7. The van der Waals surface area contributed by atoms with Gasteiger partial charge in [0.2, 0.25) is 10.0 Å². The Balaban J connectivity index is 2.38. The van der Waals surface area contributed by atoms with Crippen molar-refractivity contribution in [3.8, 4) is 0 Å². The van der Waals surface area contributed by atoms with Gasteiger partial charge in [-0.25, -0.2) is 13.2 Å². The van der Waals surface area contributed by atoms with Gasteiger partial charge in [0.1, 0.15) is 0 Å². The van der Waals surface area contributed by atoms with Gasteiger partial charge in [-0.05, 0) is 43.4 Å². The number of aryl methyl sites for hydroxylation is 1. The Labute approximate surface area is 126 Å². The second-order valence-electron chi connectivity index (χ2n) is 5.58. The predicted molar refractivity (Wildman–Crippen MR) is 79.7 cm³/mol. The molecule has 21 heavy (non-hydrogen) atoms. The standard InChI is InChI=1S/C15H21NO4S/c1-11-5-4-8-16(10-11)21(18,19)13-7-6-12(2)14(9-13)15(17)20-3/h6-7,9,11H,4-5,8,10H2,1-3H3. The summed E-state index contributed by atoms with van der Waals surface area (Å²) in [5.74, 6) is -0.157. The van der Waals surface area contributed by atoms with E-state index in [-0.39, 0.29) is 4.90 Å². The molecule has 1 saturated heterocycles. The second kappa shape index (κ2) is 6.15. The summed E-state index contributed by atoms with van der Waals surface area (Å²) < 4.78 is 31.6. The molecule has 1 heterocycles. The topological polar surface area (TPSA) is 63.7 Å². The molecular formula is C15H21NO4S. The molecule has 1 aromatic carbocycles. The average Bonchev–Trinajstić information content (AvgIpc) is 2.46. The molecule has 5 nitrogen and oxygen atoms in total. The summed E-state index contributed by atoms with van der Waals surface area (Å²) in [6.45, 7) is 4.88. The first-order valence-electron chi connectivity index (χ1n) is 7.05. The third-order valence-corrected chi connectivity index (χ3v) is 5.73. The lowest BCUT2D eigenvalue weighted by molar-refractivity contribution is 0.0599. The lowest BCUT2D eigenvalue weighted by Gasteiger charge is -2.30. The van der Waals surface area contributed by atoms with Gasteiger partial charge in [-0.15, -0.1) is 0 Å². The summed E-state index contributed by atoms with van der Waals surface area (Å²) in [6.07, 6.45) is 1.92. The molecule has 0 aliphatic carbocycles. The Kier molecular flexibility index (Phi) is 4.68. The Morgan fingerprint density at radius 2 is 2.10 bits per heavy atom. The van der Waals surface area contributed by atoms with Crippen molar-refractivity contribution in [1.29, 1.82) is 0 Å². The zero-order valence-corrected chi connectivity index (χ0v) is 13.4. The van der Waals surface area contributed by atoms with Gasteiger partial charge >= 0.3 is 5.97 Å². The average molecular weight is 311 g/mol. The van der Waals surface area contributed by atoms with Gasteiger partial charge in [0.25, 0.3) is 0 Å². The van der Waals surface area contributed by atoms with Crippen LogP contribution in [-0.4, -0.2) is 38.9 Å². The summed E-state index contributed by atoms with van der Waals surface area (Å²) in [4.78, 5) is 11.9. The quantitative estimate of drug-likeness (QED) is 0.803. The minimum atomic E-state index is -3.55. The van der Waals surface area contributed by atoms with Crippen molar-refractivity contribution < 1.29 is 17.9 Å². The zero-order chi connectivity index (χ0) is 15.6. The molecule has 6 heteroatoms. The van der Waals surface area contributed by atoms with Crippen molar-refractivity contribution >= 4 is 16.0 Å². The van der Waals surface area contributed by atoms with Gasteiger partial charge in [0.15, 0.2) is 0 Å². The first-order valence-corrected chi connectivity index (χ1v) is 8.49. The molecule has 1 unspecified atom stereocenters. The highest BCUT2D eigenvalue weighted by molar-refractivity contribution is 7.89. The van der Waals surface area contributed by atoms with E-state index in [1.165, 1.54) is 17.5 Å². The van der Waals surface area contributed by atoms with E-state index in [0.717, 1.165) is 12.8 Å².